The minimum Gasteiger partial charge on any atom is -0.456 e. The molecule has 2 unspecified atom stereocenters. The number of nitrogens with one attached hydrogen (secondary N) is 1. The molecule has 4 nitrogen and oxygen atoms in total. The lowest BCUT2D eigenvalue weighted by Gasteiger charge is -2.39. The van der Waals surface area contributed by atoms with Crippen LogP contribution in [0.15, 0.2) is 449 Å². The lowest BCUT2D eigenvalue weighted by atomic mass is 9.65. The number of nitrogens with zero attached hydrogens (tertiary/aromatic N) is 1. The summed E-state index contributed by atoms with van der Waals surface area (Å²) in [6.45, 7) is 9.34. The average Bonchev–Trinajstić information content (AvgIpc) is 1.53. The van der Waals surface area contributed by atoms with Gasteiger partial charge in [0.05, 0.1) is 10.8 Å². The van der Waals surface area contributed by atoms with Crippen LogP contribution < -0.4 is 19.7 Å². The van der Waals surface area contributed by atoms with Crippen LogP contribution in [0.4, 0.5) is 28.4 Å². The Morgan fingerprint density at radius 3 is 1.05 bits per heavy atom. The van der Waals surface area contributed by atoms with E-state index >= 15 is 0 Å². The van der Waals surface area contributed by atoms with Crippen molar-refractivity contribution >= 4 is 61.6 Å². The second kappa shape index (κ2) is 30.4. The Labute approximate surface area is 758 Å². The molecule has 6 aliphatic rings. The van der Waals surface area contributed by atoms with Gasteiger partial charge < -0.3 is 19.7 Å². The number of anilines is 5. The summed E-state index contributed by atoms with van der Waals surface area (Å²) < 4.78 is 13.6. The summed E-state index contributed by atoms with van der Waals surface area (Å²) in [5.41, 5.74) is 39.9. The van der Waals surface area contributed by atoms with Crippen LogP contribution in [0.25, 0.3) is 111 Å². The number of fused-ring (bicyclic) bond motifs is 28. The number of ether oxygens (including phenoxy) is 2. The molecule has 0 amide bonds. The van der Waals surface area contributed by atoms with Crippen LogP contribution in [0.3, 0.4) is 0 Å². The maximum Gasteiger partial charge on any atom is 0.140 e. The third kappa shape index (κ3) is 12.1. The second-order valence-electron chi connectivity index (χ2n) is 35.8. The summed E-state index contributed by atoms with van der Waals surface area (Å²) >= 11 is 6.26. The Morgan fingerprint density at radius 1 is 0.225 bits per heavy atom. The van der Waals surface area contributed by atoms with Crippen LogP contribution in [0.1, 0.15) is 94.5 Å². The third-order valence-corrected chi connectivity index (χ3v) is 28.5. The zero-order chi connectivity index (χ0) is 86.3. The standard InChI is InChI=1S/C62H43NO.C35H21ClO.C27H23N/c1-61(2)52-22-10-8-19-49(52)50-37-36-46(39-57(50)61)63(44-32-27-41(28-33-44)40-15-4-3-5-16-40)45-34-29-43(30-35-45)47-21-14-25-55-59(47)51-20-9-11-23-53(51)62(55)54-24-12-13-26-58(54)64-60-48-18-7-6-17-42(48)31-38-56(60)62;36-24-19-16-23(17-20-24)25-11-7-14-30-33(25)27-10-3-4-12-28(27)35(30)29-13-5-6-15-32(29)37-34-26-9-2-1-8-22(26)18-21-31(34)35;1-27(2)25-11-7-6-10-23(25)24-17-16-22(18-26(24)27)28-21-14-12-20(13-15-21)19-8-4-3-5-9-19/h3-39H,1-2H3;1-21H;3-18,28H,1-2H3. The van der Waals surface area contributed by atoms with Gasteiger partial charge >= 0.3 is 0 Å². The van der Waals surface area contributed by atoms with E-state index in [9.17, 15) is 0 Å². The van der Waals surface area contributed by atoms with Gasteiger partial charge in [-0.15, -0.1) is 0 Å². The molecule has 0 saturated carbocycles. The number of rotatable bonds is 9. The van der Waals surface area contributed by atoms with E-state index in [2.05, 4.69) is 469 Å². The monoisotopic (exact) mass is 1670 g/mol. The van der Waals surface area contributed by atoms with Gasteiger partial charge in [-0.3, -0.25) is 0 Å². The van der Waals surface area contributed by atoms with Crippen molar-refractivity contribution in [2.24, 2.45) is 0 Å². The van der Waals surface area contributed by atoms with E-state index in [4.69, 9.17) is 21.1 Å². The Bertz CT molecular complexity index is 7890. The normalized spacial score (nSPS) is 15.5. The first-order valence-corrected chi connectivity index (χ1v) is 45.1. The molecular weight excluding hydrogens is 1580 g/mol. The Hall–Kier alpha value is -15.6. The van der Waals surface area contributed by atoms with E-state index in [1.165, 1.54) is 161 Å². The fourth-order valence-electron chi connectivity index (χ4n) is 22.3. The summed E-state index contributed by atoms with van der Waals surface area (Å²) in [7, 11) is 0. The average molecular weight is 1670 g/mol. The van der Waals surface area contributed by atoms with Crippen molar-refractivity contribution in [3.8, 4) is 112 Å². The first-order valence-electron chi connectivity index (χ1n) is 44.7. The predicted octanol–water partition coefficient (Wildman–Crippen LogP) is 33.5. The van der Waals surface area contributed by atoms with Gasteiger partial charge in [0.2, 0.25) is 0 Å². The SMILES string of the molecule is CC1(C)c2ccccc2-c2ccc(N(c3ccc(-c4ccccc4)cc3)c3ccc(-c4cccc5c4-c4ccccc4C54c5ccccc5Oc5c4ccc4ccccc54)cc3)cc21.CC1(C)c2ccccc2-c2ccc(Nc3ccc(-c4ccccc4)cc3)cc21.Clc1ccc(-c2cccc3c2-c2ccccc2C32c3ccccc3Oc3c2ccc2ccccc32)cc1. The highest BCUT2D eigenvalue weighted by Crippen LogP contribution is 2.67. The number of para-hydroxylation sites is 2. The molecule has 20 aromatic rings. The fourth-order valence-corrected chi connectivity index (χ4v) is 22.4. The van der Waals surface area contributed by atoms with Crippen molar-refractivity contribution in [2.45, 2.75) is 49.4 Å². The molecule has 0 radical (unpaired) electrons. The Kier molecular flexibility index (Phi) is 18.1. The van der Waals surface area contributed by atoms with E-state index in [1.807, 2.05) is 18.2 Å². The van der Waals surface area contributed by atoms with Gasteiger partial charge in [-0.1, -0.05) is 403 Å². The minimum absolute atomic E-state index is 0.0286. The predicted molar refractivity (Wildman–Crippen MR) is 535 cm³/mol. The van der Waals surface area contributed by atoms with Crippen molar-refractivity contribution in [1.82, 2.24) is 0 Å². The topological polar surface area (TPSA) is 33.7 Å². The fraction of sp³-hybridized carbons (Fsp3) is 0.0645. The molecule has 2 atom stereocenters. The molecule has 4 aliphatic carbocycles. The van der Waals surface area contributed by atoms with Gasteiger partial charge in [-0.25, -0.2) is 0 Å². The molecule has 26 rings (SSSR count). The molecule has 2 spiro atoms. The molecule has 0 fully saturated rings. The van der Waals surface area contributed by atoms with Crippen LogP contribution in [-0.4, -0.2) is 0 Å². The van der Waals surface area contributed by atoms with Crippen molar-refractivity contribution < 1.29 is 9.47 Å². The highest BCUT2D eigenvalue weighted by atomic mass is 35.5. The summed E-state index contributed by atoms with van der Waals surface area (Å²) in [4.78, 5) is 2.41. The quantitative estimate of drug-likeness (QED) is 0.156. The Balaban J connectivity index is 0.000000119. The van der Waals surface area contributed by atoms with Crippen molar-refractivity contribution in [3.05, 3.63) is 521 Å². The second-order valence-corrected chi connectivity index (χ2v) is 36.2. The highest BCUT2D eigenvalue weighted by Gasteiger charge is 2.54. The van der Waals surface area contributed by atoms with E-state index in [-0.39, 0.29) is 10.8 Å². The molecule has 2 aliphatic heterocycles. The number of hydrogen-bond acceptors (Lipinski definition) is 4. The van der Waals surface area contributed by atoms with Crippen molar-refractivity contribution in [2.75, 3.05) is 10.2 Å². The third-order valence-electron chi connectivity index (χ3n) is 28.2. The molecule has 2 heterocycles. The molecule has 612 valence electrons. The number of benzene rings is 20. The first-order chi connectivity index (χ1) is 63.4. The largest absolute Gasteiger partial charge is 0.456 e. The van der Waals surface area contributed by atoms with E-state index in [1.54, 1.807) is 0 Å². The van der Waals surface area contributed by atoms with Crippen LogP contribution >= 0.6 is 11.6 Å². The van der Waals surface area contributed by atoms with E-state index in [0.29, 0.717) is 0 Å². The molecule has 0 bridgehead atoms. The molecule has 0 aromatic heterocycles. The van der Waals surface area contributed by atoms with Gasteiger partial charge in [-0.05, 0) is 229 Å². The van der Waals surface area contributed by atoms with Gasteiger partial charge in [0.25, 0.3) is 0 Å². The van der Waals surface area contributed by atoms with Crippen LogP contribution in [-0.2, 0) is 21.7 Å². The summed E-state index contributed by atoms with van der Waals surface area (Å²) in [5, 5.41) is 8.93. The van der Waals surface area contributed by atoms with Crippen LogP contribution in [0, 0.1) is 0 Å². The van der Waals surface area contributed by atoms with Gasteiger partial charge in [-0.2, -0.15) is 0 Å². The van der Waals surface area contributed by atoms with Crippen molar-refractivity contribution in [1.29, 1.82) is 0 Å². The van der Waals surface area contributed by atoms with Gasteiger partial charge in [0, 0.05) is 77.3 Å². The van der Waals surface area contributed by atoms with Crippen LogP contribution in [0.2, 0.25) is 5.02 Å². The lowest BCUT2D eigenvalue weighted by molar-refractivity contribution is 0.441. The Morgan fingerprint density at radius 2 is 0.566 bits per heavy atom. The lowest BCUT2D eigenvalue weighted by Crippen LogP contribution is -2.32. The molecule has 1 N–H and O–H groups in total. The zero-order valence-corrected chi connectivity index (χ0v) is 72.6. The maximum atomic E-state index is 6.91. The van der Waals surface area contributed by atoms with Crippen LogP contribution in [0.5, 0.6) is 23.0 Å². The number of hydrogen-bond donors (Lipinski definition) is 1. The zero-order valence-electron chi connectivity index (χ0n) is 71.9. The minimum atomic E-state index is -0.556. The molecule has 5 heteroatoms. The molecule has 0 saturated heterocycles. The first kappa shape index (κ1) is 77.0. The van der Waals surface area contributed by atoms with Crippen molar-refractivity contribution in [3.63, 3.8) is 0 Å². The van der Waals surface area contributed by atoms with E-state index in [0.717, 1.165) is 72.8 Å². The molecular formula is C124H87ClN2O2. The maximum absolute atomic E-state index is 6.91. The summed E-state index contributed by atoms with van der Waals surface area (Å²) in [6, 6.07) is 162. The number of halogens is 1. The summed E-state index contributed by atoms with van der Waals surface area (Å²) in [6.07, 6.45) is 0. The smallest absolute Gasteiger partial charge is 0.140 e. The summed E-state index contributed by atoms with van der Waals surface area (Å²) in [5.74, 6) is 3.69. The van der Waals surface area contributed by atoms with Gasteiger partial charge in [0.15, 0.2) is 0 Å². The van der Waals surface area contributed by atoms with E-state index < -0.39 is 10.8 Å². The molecule has 129 heavy (non-hydrogen) atoms. The highest BCUT2D eigenvalue weighted by molar-refractivity contribution is 6.30. The molecule has 20 aromatic carbocycles. The van der Waals surface area contributed by atoms with Gasteiger partial charge in [0.1, 0.15) is 23.0 Å².